The molecule has 17 heavy (non-hydrogen) atoms. The van der Waals surface area contributed by atoms with Gasteiger partial charge in [-0.25, -0.2) is 9.97 Å². The van der Waals surface area contributed by atoms with Gasteiger partial charge in [0.15, 0.2) is 0 Å². The number of rotatable bonds is 2. The fourth-order valence-corrected chi connectivity index (χ4v) is 2.24. The van der Waals surface area contributed by atoms with E-state index in [0.29, 0.717) is 11.0 Å². The topological polar surface area (TPSA) is 47.0 Å². The Bertz CT molecular complexity index is 574. The molecule has 3 rings (SSSR count). The van der Waals surface area contributed by atoms with Crippen molar-refractivity contribution in [2.75, 3.05) is 13.1 Å². The van der Waals surface area contributed by atoms with E-state index in [9.17, 15) is 0 Å². The molecule has 0 amide bonds. The van der Waals surface area contributed by atoms with Crippen LogP contribution in [0.25, 0.3) is 10.8 Å². The third kappa shape index (κ3) is 2.10. The largest absolute Gasteiger partial charge is 0.471 e. The normalized spacial score (nSPS) is 15.9. The van der Waals surface area contributed by atoms with Gasteiger partial charge in [-0.15, -0.1) is 0 Å². The third-order valence-corrected chi connectivity index (χ3v) is 3.51. The predicted octanol–water partition coefficient (Wildman–Crippen LogP) is 2.40. The van der Waals surface area contributed by atoms with Gasteiger partial charge in [-0.05, 0) is 22.0 Å². The molecule has 3 heterocycles. The summed E-state index contributed by atoms with van der Waals surface area (Å²) in [7, 11) is 0. The van der Waals surface area contributed by atoms with Crippen LogP contribution in [0.4, 0.5) is 0 Å². The Morgan fingerprint density at radius 2 is 2.12 bits per heavy atom. The van der Waals surface area contributed by atoms with Crippen molar-refractivity contribution in [3.05, 3.63) is 28.1 Å². The van der Waals surface area contributed by atoms with Crippen molar-refractivity contribution in [2.24, 2.45) is 0 Å². The predicted molar refractivity (Wildman–Crippen MR) is 69.5 cm³/mol. The van der Waals surface area contributed by atoms with E-state index < -0.39 is 0 Å². The Balaban J connectivity index is 2.08. The van der Waals surface area contributed by atoms with Crippen LogP contribution in [-0.2, 0) is 0 Å². The van der Waals surface area contributed by atoms with Gasteiger partial charge in [0.1, 0.15) is 11.3 Å². The average molecular weight is 315 g/mol. The molecule has 0 bridgehead atoms. The van der Waals surface area contributed by atoms with Gasteiger partial charge in [0, 0.05) is 35.3 Å². The summed E-state index contributed by atoms with van der Waals surface area (Å²) in [5.74, 6) is 0.610. The van der Waals surface area contributed by atoms with Crippen LogP contribution in [0.3, 0.4) is 0 Å². The minimum absolute atomic E-state index is 0.197. The van der Waals surface area contributed by atoms with Crippen LogP contribution in [0.15, 0.2) is 22.9 Å². The van der Waals surface area contributed by atoms with Gasteiger partial charge in [-0.3, -0.25) is 0 Å². The molecule has 0 aliphatic carbocycles. The average Bonchev–Trinajstić information content (AvgIpc) is 2.26. The Labute approximate surface area is 111 Å². The Morgan fingerprint density at radius 3 is 2.82 bits per heavy atom. The number of hydrogen-bond acceptors (Lipinski definition) is 4. The molecule has 88 valence electrons. The molecule has 1 aliphatic heterocycles. The van der Waals surface area contributed by atoms with E-state index in [1.54, 1.807) is 18.5 Å². The second-order valence-corrected chi connectivity index (χ2v) is 5.10. The van der Waals surface area contributed by atoms with Gasteiger partial charge < -0.3 is 10.1 Å². The zero-order valence-electron chi connectivity index (χ0n) is 8.78. The molecule has 2 aromatic heterocycles. The van der Waals surface area contributed by atoms with Crippen LogP contribution in [0.2, 0.25) is 5.15 Å². The molecule has 0 spiro atoms. The third-order valence-electron chi connectivity index (χ3n) is 2.68. The molecule has 0 saturated carbocycles. The van der Waals surface area contributed by atoms with Crippen LogP contribution in [0, 0.1) is 0 Å². The maximum Gasteiger partial charge on any atom is 0.223 e. The quantitative estimate of drug-likeness (QED) is 0.865. The number of aromatic nitrogens is 2. The summed E-state index contributed by atoms with van der Waals surface area (Å²) >= 11 is 9.33. The number of nitrogens with zero attached hydrogens (tertiary/aromatic N) is 2. The van der Waals surface area contributed by atoms with E-state index in [2.05, 4.69) is 31.2 Å². The van der Waals surface area contributed by atoms with Gasteiger partial charge in [0.2, 0.25) is 5.88 Å². The van der Waals surface area contributed by atoms with E-state index in [-0.39, 0.29) is 6.10 Å². The monoisotopic (exact) mass is 313 g/mol. The first-order valence-electron chi connectivity index (χ1n) is 5.21. The van der Waals surface area contributed by atoms with Crippen molar-refractivity contribution in [2.45, 2.75) is 6.10 Å². The second kappa shape index (κ2) is 4.40. The van der Waals surface area contributed by atoms with Crippen LogP contribution >= 0.6 is 27.5 Å². The molecule has 1 aliphatic rings. The molecule has 1 saturated heterocycles. The standard InChI is InChI=1S/C11H9BrClN3O/c12-9-5-16-11(17-6-2-14-3-6)8-4-15-10(13)1-7(8)9/h1,4-6,14H,2-3H2. The maximum atomic E-state index is 5.88. The highest BCUT2D eigenvalue weighted by atomic mass is 79.9. The molecule has 4 nitrogen and oxygen atoms in total. The first kappa shape index (κ1) is 11.2. The highest BCUT2D eigenvalue weighted by Gasteiger charge is 2.20. The lowest BCUT2D eigenvalue weighted by molar-refractivity contribution is 0.138. The Morgan fingerprint density at radius 1 is 1.29 bits per heavy atom. The van der Waals surface area contributed by atoms with Crippen LogP contribution in [0.1, 0.15) is 0 Å². The molecule has 1 fully saturated rings. The Hall–Kier alpha value is -0.910. The molecule has 1 N–H and O–H groups in total. The zero-order valence-corrected chi connectivity index (χ0v) is 11.1. The summed E-state index contributed by atoms with van der Waals surface area (Å²) in [6, 6.07) is 1.80. The van der Waals surface area contributed by atoms with Crippen molar-refractivity contribution in [3.63, 3.8) is 0 Å². The Kier molecular flexibility index (Phi) is 2.90. The molecular formula is C11H9BrClN3O. The van der Waals surface area contributed by atoms with Crippen molar-refractivity contribution in [1.29, 1.82) is 0 Å². The minimum atomic E-state index is 0.197. The first-order chi connectivity index (χ1) is 8.24. The molecule has 6 heteroatoms. The highest BCUT2D eigenvalue weighted by molar-refractivity contribution is 9.10. The number of halogens is 2. The number of hydrogen-bond donors (Lipinski definition) is 1. The van der Waals surface area contributed by atoms with Crippen LogP contribution in [0.5, 0.6) is 5.88 Å². The lowest BCUT2D eigenvalue weighted by Crippen LogP contribution is -2.50. The van der Waals surface area contributed by atoms with Crippen molar-refractivity contribution < 1.29 is 4.74 Å². The maximum absolute atomic E-state index is 5.88. The SMILES string of the molecule is Clc1cc2c(Br)cnc(OC3CNC3)c2cn1. The van der Waals surface area contributed by atoms with E-state index in [0.717, 1.165) is 28.3 Å². The van der Waals surface area contributed by atoms with Gasteiger partial charge >= 0.3 is 0 Å². The summed E-state index contributed by atoms with van der Waals surface area (Å²) < 4.78 is 6.67. The van der Waals surface area contributed by atoms with Crippen molar-refractivity contribution in [1.82, 2.24) is 15.3 Å². The summed E-state index contributed by atoms with van der Waals surface area (Å²) in [5.41, 5.74) is 0. The minimum Gasteiger partial charge on any atom is -0.471 e. The summed E-state index contributed by atoms with van der Waals surface area (Å²) in [6.07, 6.45) is 3.61. The summed E-state index contributed by atoms with van der Waals surface area (Å²) in [4.78, 5) is 8.35. The number of fused-ring (bicyclic) bond motifs is 1. The molecule has 0 aromatic carbocycles. The van der Waals surface area contributed by atoms with E-state index in [4.69, 9.17) is 16.3 Å². The van der Waals surface area contributed by atoms with E-state index in [1.165, 1.54) is 0 Å². The molecule has 0 unspecified atom stereocenters. The lowest BCUT2D eigenvalue weighted by atomic mass is 10.2. The number of nitrogens with one attached hydrogen (secondary N) is 1. The molecule has 2 aromatic rings. The van der Waals surface area contributed by atoms with Gasteiger partial charge in [0.05, 0.1) is 5.39 Å². The van der Waals surface area contributed by atoms with Crippen LogP contribution in [-0.4, -0.2) is 29.2 Å². The first-order valence-corrected chi connectivity index (χ1v) is 6.38. The second-order valence-electron chi connectivity index (χ2n) is 3.86. The van der Waals surface area contributed by atoms with Gasteiger partial charge in [0.25, 0.3) is 0 Å². The molecular weight excluding hydrogens is 305 g/mol. The fraction of sp³-hybridized carbons (Fsp3) is 0.273. The summed E-state index contributed by atoms with van der Waals surface area (Å²) in [5, 5.41) is 5.44. The summed E-state index contributed by atoms with van der Waals surface area (Å²) in [6.45, 7) is 1.72. The van der Waals surface area contributed by atoms with Gasteiger partial charge in [-0.2, -0.15) is 0 Å². The highest BCUT2D eigenvalue weighted by Crippen LogP contribution is 2.31. The van der Waals surface area contributed by atoms with Gasteiger partial charge in [-0.1, -0.05) is 11.6 Å². The lowest BCUT2D eigenvalue weighted by Gasteiger charge is -2.27. The van der Waals surface area contributed by atoms with E-state index in [1.807, 2.05) is 0 Å². The molecule has 0 atom stereocenters. The number of pyridine rings is 2. The zero-order chi connectivity index (χ0) is 11.8. The van der Waals surface area contributed by atoms with Crippen LogP contribution < -0.4 is 10.1 Å². The molecule has 0 radical (unpaired) electrons. The van der Waals surface area contributed by atoms with E-state index >= 15 is 0 Å². The van der Waals surface area contributed by atoms with Crippen molar-refractivity contribution in [3.8, 4) is 5.88 Å². The smallest absolute Gasteiger partial charge is 0.223 e. The fourth-order valence-electron chi connectivity index (χ4n) is 1.65. The number of ether oxygens (including phenoxy) is 1. The van der Waals surface area contributed by atoms with Crippen molar-refractivity contribution >= 4 is 38.3 Å².